The van der Waals surface area contributed by atoms with Gasteiger partial charge >= 0.3 is 6.18 Å². The van der Waals surface area contributed by atoms with Gasteiger partial charge in [-0.05, 0) is 48.4 Å². The summed E-state index contributed by atoms with van der Waals surface area (Å²) in [6.07, 6.45) is -2.09. The first-order valence-electron chi connectivity index (χ1n) is 8.58. The van der Waals surface area contributed by atoms with Crippen LogP contribution in [0, 0.1) is 0 Å². The molecule has 0 atom stereocenters. The fraction of sp³-hybridized carbons (Fsp3) is 0.200. The molecular weight excluding hydrogens is 369 g/mol. The topological polar surface area (TPSA) is 59.1 Å². The van der Waals surface area contributed by atoms with Crippen molar-refractivity contribution in [2.45, 2.75) is 12.6 Å². The number of aromatic nitrogens is 2. The molecule has 28 heavy (non-hydrogen) atoms. The highest BCUT2D eigenvalue weighted by Gasteiger charge is 2.30. The zero-order chi connectivity index (χ0) is 20.0. The lowest BCUT2D eigenvalue weighted by atomic mass is 10.1. The molecule has 0 radical (unpaired) electrons. The molecule has 3 aromatic rings. The Morgan fingerprint density at radius 2 is 1.82 bits per heavy atom. The van der Waals surface area contributed by atoms with Crippen LogP contribution in [0.3, 0.4) is 0 Å². The van der Waals surface area contributed by atoms with Crippen LogP contribution in [0.1, 0.15) is 11.1 Å². The highest BCUT2D eigenvalue weighted by atomic mass is 19.4. The molecule has 0 spiro atoms. The van der Waals surface area contributed by atoms with Crippen LogP contribution in [0.4, 0.5) is 30.6 Å². The van der Waals surface area contributed by atoms with E-state index >= 15 is 0 Å². The number of hydrogen-bond acceptors (Lipinski definition) is 5. The van der Waals surface area contributed by atoms with E-state index in [1.807, 2.05) is 24.3 Å². The molecule has 8 heteroatoms. The van der Waals surface area contributed by atoms with Crippen LogP contribution in [0.2, 0.25) is 0 Å². The smallest absolute Gasteiger partial charge is 0.416 e. The third-order valence-electron chi connectivity index (χ3n) is 3.97. The van der Waals surface area contributed by atoms with E-state index in [1.165, 1.54) is 6.07 Å². The van der Waals surface area contributed by atoms with Gasteiger partial charge in [0.05, 0.1) is 12.7 Å². The molecule has 0 aliphatic heterocycles. The van der Waals surface area contributed by atoms with E-state index in [0.29, 0.717) is 24.0 Å². The molecule has 3 rings (SSSR count). The standard InChI is InChI=1S/C20H19F3N4O/c1-28-17-7-5-14(6-8-17)9-11-24-19-25-12-10-18(27-19)26-16-4-2-3-15(13-16)20(21,22)23/h2-8,10,12-13H,9,11H2,1H3,(H2,24,25,26,27). The third-order valence-corrected chi connectivity index (χ3v) is 3.97. The summed E-state index contributed by atoms with van der Waals surface area (Å²) < 4.78 is 43.6. The van der Waals surface area contributed by atoms with Crippen molar-refractivity contribution in [3.63, 3.8) is 0 Å². The lowest BCUT2D eigenvalue weighted by Gasteiger charge is -2.11. The first-order chi connectivity index (χ1) is 13.4. The average Bonchev–Trinajstić information content (AvgIpc) is 2.68. The van der Waals surface area contributed by atoms with Crippen molar-refractivity contribution in [2.24, 2.45) is 0 Å². The fourth-order valence-electron chi connectivity index (χ4n) is 2.55. The first-order valence-corrected chi connectivity index (χ1v) is 8.58. The zero-order valence-electron chi connectivity index (χ0n) is 15.1. The molecule has 0 unspecified atom stereocenters. The van der Waals surface area contributed by atoms with Gasteiger partial charge in [0, 0.05) is 18.4 Å². The van der Waals surface area contributed by atoms with E-state index in [4.69, 9.17) is 4.74 Å². The van der Waals surface area contributed by atoms with Gasteiger partial charge in [0.1, 0.15) is 11.6 Å². The Bertz CT molecular complexity index is 914. The van der Waals surface area contributed by atoms with Gasteiger partial charge in [-0.3, -0.25) is 0 Å². The molecule has 0 saturated heterocycles. The maximum atomic E-state index is 12.8. The van der Waals surface area contributed by atoms with Gasteiger partial charge in [0.15, 0.2) is 0 Å². The Morgan fingerprint density at radius 1 is 1.04 bits per heavy atom. The van der Waals surface area contributed by atoms with E-state index in [0.717, 1.165) is 29.9 Å². The predicted octanol–water partition coefficient (Wildman–Crippen LogP) is 4.90. The normalized spacial score (nSPS) is 11.1. The largest absolute Gasteiger partial charge is 0.497 e. The molecule has 0 saturated carbocycles. The predicted molar refractivity (Wildman–Crippen MR) is 102 cm³/mol. The van der Waals surface area contributed by atoms with Crippen molar-refractivity contribution in [3.8, 4) is 5.75 Å². The average molecular weight is 388 g/mol. The van der Waals surface area contributed by atoms with Gasteiger partial charge in [-0.25, -0.2) is 4.98 Å². The summed E-state index contributed by atoms with van der Waals surface area (Å²) >= 11 is 0. The highest BCUT2D eigenvalue weighted by Crippen LogP contribution is 2.31. The molecule has 1 aromatic heterocycles. The maximum Gasteiger partial charge on any atom is 0.416 e. The summed E-state index contributed by atoms with van der Waals surface area (Å²) in [5, 5.41) is 5.98. The lowest BCUT2D eigenvalue weighted by Crippen LogP contribution is -2.09. The van der Waals surface area contributed by atoms with Crippen LogP contribution >= 0.6 is 0 Å². The third kappa shape index (κ3) is 5.35. The molecule has 2 N–H and O–H groups in total. The summed E-state index contributed by atoms with van der Waals surface area (Å²) in [4.78, 5) is 8.42. The number of nitrogens with one attached hydrogen (secondary N) is 2. The maximum absolute atomic E-state index is 12.8. The van der Waals surface area contributed by atoms with Gasteiger partial charge in [0.25, 0.3) is 0 Å². The summed E-state index contributed by atoms with van der Waals surface area (Å²) in [6, 6.07) is 14.3. The zero-order valence-corrected chi connectivity index (χ0v) is 15.1. The first kappa shape index (κ1) is 19.5. The molecule has 0 bridgehead atoms. The number of methoxy groups -OCH3 is 1. The monoisotopic (exact) mass is 388 g/mol. The second kappa shape index (κ2) is 8.60. The Hall–Kier alpha value is -3.29. The van der Waals surface area contributed by atoms with Gasteiger partial charge in [-0.2, -0.15) is 18.2 Å². The van der Waals surface area contributed by atoms with Crippen molar-refractivity contribution < 1.29 is 17.9 Å². The van der Waals surface area contributed by atoms with Crippen LogP contribution < -0.4 is 15.4 Å². The van der Waals surface area contributed by atoms with Crippen molar-refractivity contribution >= 4 is 17.5 Å². The van der Waals surface area contributed by atoms with E-state index < -0.39 is 11.7 Å². The van der Waals surface area contributed by atoms with Crippen LogP contribution in [-0.2, 0) is 12.6 Å². The number of rotatable bonds is 7. The van der Waals surface area contributed by atoms with Crippen molar-refractivity contribution in [1.82, 2.24) is 9.97 Å². The number of halogens is 3. The molecular formula is C20H19F3N4O. The molecule has 0 fully saturated rings. The number of nitrogens with zero attached hydrogens (tertiary/aromatic N) is 2. The van der Waals surface area contributed by atoms with Crippen LogP contribution in [0.25, 0.3) is 0 Å². The van der Waals surface area contributed by atoms with Crippen molar-refractivity contribution in [2.75, 3.05) is 24.3 Å². The summed E-state index contributed by atoms with van der Waals surface area (Å²) in [5.41, 5.74) is 0.716. The second-order valence-electron chi connectivity index (χ2n) is 5.99. The van der Waals surface area contributed by atoms with Gasteiger partial charge in [-0.1, -0.05) is 18.2 Å². The van der Waals surface area contributed by atoms with Gasteiger partial charge in [0.2, 0.25) is 5.95 Å². The summed E-state index contributed by atoms with van der Waals surface area (Å²) in [7, 11) is 1.62. The highest BCUT2D eigenvalue weighted by molar-refractivity contribution is 5.58. The quantitative estimate of drug-likeness (QED) is 0.603. The number of ether oxygens (including phenoxy) is 1. The van der Waals surface area contributed by atoms with Crippen molar-refractivity contribution in [3.05, 3.63) is 71.9 Å². The molecule has 146 valence electrons. The molecule has 2 aromatic carbocycles. The second-order valence-corrected chi connectivity index (χ2v) is 5.99. The molecule has 0 amide bonds. The van der Waals surface area contributed by atoms with Crippen molar-refractivity contribution in [1.29, 1.82) is 0 Å². The Labute approximate surface area is 160 Å². The molecule has 1 heterocycles. The SMILES string of the molecule is COc1ccc(CCNc2nccc(Nc3cccc(C(F)(F)F)c3)n2)cc1. The minimum Gasteiger partial charge on any atom is -0.497 e. The number of benzene rings is 2. The van der Waals surface area contributed by atoms with Crippen LogP contribution in [0.5, 0.6) is 5.75 Å². The van der Waals surface area contributed by atoms with E-state index in [1.54, 1.807) is 25.4 Å². The van der Waals surface area contributed by atoms with Gasteiger partial charge in [-0.15, -0.1) is 0 Å². The van der Waals surface area contributed by atoms with E-state index in [9.17, 15) is 13.2 Å². The Balaban J connectivity index is 1.59. The molecule has 0 aliphatic rings. The lowest BCUT2D eigenvalue weighted by molar-refractivity contribution is -0.137. The number of hydrogen-bond donors (Lipinski definition) is 2. The summed E-state index contributed by atoms with van der Waals surface area (Å²) in [6.45, 7) is 0.610. The number of anilines is 3. The fourth-order valence-corrected chi connectivity index (χ4v) is 2.55. The Kier molecular flexibility index (Phi) is 5.98. The van der Waals surface area contributed by atoms with Crippen LogP contribution in [0.15, 0.2) is 60.8 Å². The van der Waals surface area contributed by atoms with E-state index in [-0.39, 0.29) is 0 Å². The molecule has 0 aliphatic carbocycles. The van der Waals surface area contributed by atoms with E-state index in [2.05, 4.69) is 20.6 Å². The minimum absolute atomic E-state index is 0.303. The van der Waals surface area contributed by atoms with Gasteiger partial charge < -0.3 is 15.4 Å². The Morgan fingerprint density at radius 3 is 2.54 bits per heavy atom. The number of alkyl halides is 3. The van der Waals surface area contributed by atoms with Crippen LogP contribution in [-0.4, -0.2) is 23.6 Å². The minimum atomic E-state index is -4.39. The summed E-state index contributed by atoms with van der Waals surface area (Å²) in [5.74, 6) is 1.60. The molecule has 5 nitrogen and oxygen atoms in total.